The Labute approximate surface area is 176 Å². The van der Waals surface area contributed by atoms with Gasteiger partial charge in [0.15, 0.2) is 0 Å². The number of aryl methyl sites for hydroxylation is 1. The fourth-order valence-electron chi connectivity index (χ4n) is 3.16. The van der Waals surface area contributed by atoms with Crippen LogP contribution in [0, 0.1) is 6.92 Å². The van der Waals surface area contributed by atoms with Gasteiger partial charge in [-0.2, -0.15) is 0 Å². The summed E-state index contributed by atoms with van der Waals surface area (Å²) in [5, 5.41) is 4.47. The van der Waals surface area contributed by atoms with Crippen molar-refractivity contribution in [2.75, 3.05) is 27.2 Å². The van der Waals surface area contributed by atoms with E-state index in [1.165, 1.54) is 0 Å². The van der Waals surface area contributed by atoms with Crippen molar-refractivity contribution >= 4 is 28.4 Å². The fourth-order valence-corrected chi connectivity index (χ4v) is 3.37. The summed E-state index contributed by atoms with van der Waals surface area (Å²) in [6.45, 7) is 5.24. The lowest BCUT2D eigenvalue weighted by molar-refractivity contribution is 0.0939. The maximum atomic E-state index is 13.0. The minimum Gasteiger partial charge on any atom is -0.492 e. The van der Waals surface area contributed by atoms with Gasteiger partial charge in [0.25, 0.3) is 5.91 Å². The van der Waals surface area contributed by atoms with E-state index in [1.807, 2.05) is 75.3 Å². The molecule has 1 N–H and O–H groups in total. The lowest BCUT2D eigenvalue weighted by Crippen LogP contribution is -2.27. The average Bonchev–Trinajstić information content (AvgIpc) is 2.68. The van der Waals surface area contributed by atoms with Crippen LogP contribution in [0.1, 0.15) is 34.5 Å². The SMILES string of the molecule is Cc1ccc(OCCN(C)C)cc1C(=O)N[C@H](C)c1cc(Cl)nc2ccccc12. The molecule has 0 bridgehead atoms. The third kappa shape index (κ3) is 5.25. The second kappa shape index (κ2) is 9.25. The minimum atomic E-state index is -0.231. The zero-order chi connectivity index (χ0) is 21.0. The smallest absolute Gasteiger partial charge is 0.252 e. The zero-order valence-electron chi connectivity index (χ0n) is 17.2. The molecule has 29 heavy (non-hydrogen) atoms. The van der Waals surface area contributed by atoms with Crippen molar-refractivity contribution in [3.8, 4) is 5.75 Å². The Morgan fingerprint density at radius 3 is 2.72 bits per heavy atom. The fraction of sp³-hybridized carbons (Fsp3) is 0.304. The van der Waals surface area contributed by atoms with E-state index in [0.29, 0.717) is 23.1 Å². The van der Waals surface area contributed by atoms with Gasteiger partial charge in [-0.1, -0.05) is 35.9 Å². The number of para-hydroxylation sites is 1. The number of halogens is 1. The van der Waals surface area contributed by atoms with E-state index in [1.54, 1.807) is 6.07 Å². The number of carbonyl (C=O) groups excluding carboxylic acids is 1. The number of fused-ring (bicyclic) bond motifs is 1. The molecule has 0 aliphatic carbocycles. The molecule has 1 heterocycles. The van der Waals surface area contributed by atoms with Gasteiger partial charge in [0, 0.05) is 17.5 Å². The van der Waals surface area contributed by atoms with Gasteiger partial charge < -0.3 is 15.0 Å². The van der Waals surface area contributed by atoms with E-state index in [-0.39, 0.29) is 11.9 Å². The van der Waals surface area contributed by atoms with Gasteiger partial charge in [0.2, 0.25) is 0 Å². The van der Waals surface area contributed by atoms with Crippen LogP contribution in [0.5, 0.6) is 5.75 Å². The molecule has 1 atom stereocenters. The van der Waals surface area contributed by atoms with Crippen LogP contribution in [0.15, 0.2) is 48.5 Å². The summed E-state index contributed by atoms with van der Waals surface area (Å²) in [4.78, 5) is 19.4. The topological polar surface area (TPSA) is 54.5 Å². The first-order chi connectivity index (χ1) is 13.8. The number of nitrogens with one attached hydrogen (secondary N) is 1. The number of amides is 1. The van der Waals surface area contributed by atoms with Crippen molar-refractivity contribution in [1.29, 1.82) is 0 Å². The van der Waals surface area contributed by atoms with Crippen molar-refractivity contribution in [2.45, 2.75) is 19.9 Å². The van der Waals surface area contributed by atoms with E-state index >= 15 is 0 Å². The lowest BCUT2D eigenvalue weighted by atomic mass is 10.0. The molecule has 1 amide bonds. The maximum absolute atomic E-state index is 13.0. The van der Waals surface area contributed by atoms with E-state index in [0.717, 1.165) is 28.6 Å². The molecule has 6 heteroatoms. The Kier molecular flexibility index (Phi) is 6.72. The Balaban J connectivity index is 1.80. The number of hydrogen-bond donors (Lipinski definition) is 1. The van der Waals surface area contributed by atoms with Crippen LogP contribution in [-0.4, -0.2) is 43.0 Å². The van der Waals surface area contributed by atoms with Crippen LogP contribution in [0.4, 0.5) is 0 Å². The van der Waals surface area contributed by atoms with Crippen molar-refractivity contribution in [2.24, 2.45) is 0 Å². The Morgan fingerprint density at radius 1 is 1.21 bits per heavy atom. The summed E-state index contributed by atoms with van der Waals surface area (Å²) < 4.78 is 5.78. The van der Waals surface area contributed by atoms with Crippen LogP contribution in [0.25, 0.3) is 10.9 Å². The predicted octanol–water partition coefficient (Wildman–Crippen LogP) is 4.63. The predicted molar refractivity (Wildman–Crippen MR) is 118 cm³/mol. The summed E-state index contributed by atoms with van der Waals surface area (Å²) in [7, 11) is 3.99. The van der Waals surface area contributed by atoms with Gasteiger partial charge in [0.05, 0.1) is 11.6 Å². The number of ether oxygens (including phenoxy) is 1. The van der Waals surface area contributed by atoms with Crippen molar-refractivity contribution < 1.29 is 9.53 Å². The number of aromatic nitrogens is 1. The quantitative estimate of drug-likeness (QED) is 0.576. The van der Waals surface area contributed by atoms with Crippen LogP contribution in [0.3, 0.4) is 0 Å². The number of nitrogens with zero attached hydrogens (tertiary/aromatic N) is 2. The van der Waals surface area contributed by atoms with Gasteiger partial charge in [0.1, 0.15) is 17.5 Å². The molecule has 0 fully saturated rings. The molecule has 0 saturated heterocycles. The molecule has 1 aromatic heterocycles. The van der Waals surface area contributed by atoms with Crippen LogP contribution in [-0.2, 0) is 0 Å². The second-order valence-corrected chi connectivity index (χ2v) is 7.76. The third-order valence-corrected chi connectivity index (χ3v) is 4.99. The zero-order valence-corrected chi connectivity index (χ0v) is 18.0. The standard InChI is InChI=1S/C23H26ClN3O2/c1-15-9-10-17(29-12-11-27(3)4)13-19(15)23(28)25-16(2)20-14-22(24)26-21-8-6-5-7-18(20)21/h5-10,13-14,16H,11-12H2,1-4H3,(H,25,28)/t16-/m1/s1. The molecule has 3 rings (SSSR count). The summed E-state index contributed by atoms with van der Waals surface area (Å²) >= 11 is 6.19. The third-order valence-electron chi connectivity index (χ3n) is 4.79. The van der Waals surface area contributed by atoms with E-state index in [4.69, 9.17) is 16.3 Å². The molecule has 3 aromatic rings. The van der Waals surface area contributed by atoms with Crippen LogP contribution >= 0.6 is 11.6 Å². The molecule has 2 aromatic carbocycles. The van der Waals surface area contributed by atoms with Crippen molar-refractivity contribution in [3.63, 3.8) is 0 Å². The second-order valence-electron chi connectivity index (χ2n) is 7.37. The van der Waals surface area contributed by atoms with E-state index in [2.05, 4.69) is 10.3 Å². The number of benzene rings is 2. The van der Waals surface area contributed by atoms with E-state index in [9.17, 15) is 4.79 Å². The number of carbonyl (C=O) groups is 1. The molecule has 0 radical (unpaired) electrons. The van der Waals surface area contributed by atoms with Crippen molar-refractivity contribution in [1.82, 2.24) is 15.2 Å². The molecule has 0 aliphatic rings. The van der Waals surface area contributed by atoms with Crippen molar-refractivity contribution in [3.05, 3.63) is 70.4 Å². The van der Waals surface area contributed by atoms with Crippen LogP contribution < -0.4 is 10.1 Å². The number of rotatable bonds is 7. The Bertz CT molecular complexity index is 1020. The molecule has 0 unspecified atom stereocenters. The molecule has 152 valence electrons. The average molecular weight is 412 g/mol. The highest BCUT2D eigenvalue weighted by atomic mass is 35.5. The van der Waals surface area contributed by atoms with Crippen LogP contribution in [0.2, 0.25) is 5.15 Å². The van der Waals surface area contributed by atoms with Gasteiger partial charge in [-0.3, -0.25) is 4.79 Å². The summed E-state index contributed by atoms with van der Waals surface area (Å²) in [6.07, 6.45) is 0. The summed E-state index contributed by atoms with van der Waals surface area (Å²) in [5.41, 5.74) is 3.24. The van der Waals surface area contributed by atoms with Gasteiger partial charge in [-0.05, 0) is 63.3 Å². The minimum absolute atomic E-state index is 0.148. The number of likely N-dealkylation sites (N-methyl/N-ethyl adjacent to an activating group) is 1. The number of pyridine rings is 1. The largest absolute Gasteiger partial charge is 0.492 e. The lowest BCUT2D eigenvalue weighted by Gasteiger charge is -2.18. The molecular weight excluding hydrogens is 386 g/mol. The summed E-state index contributed by atoms with van der Waals surface area (Å²) in [5.74, 6) is 0.540. The molecule has 5 nitrogen and oxygen atoms in total. The van der Waals surface area contributed by atoms with Gasteiger partial charge in [-0.15, -0.1) is 0 Å². The van der Waals surface area contributed by atoms with Gasteiger partial charge >= 0.3 is 0 Å². The molecular formula is C23H26ClN3O2. The first-order valence-corrected chi connectivity index (χ1v) is 9.97. The first-order valence-electron chi connectivity index (χ1n) is 9.59. The normalized spacial score (nSPS) is 12.2. The maximum Gasteiger partial charge on any atom is 0.252 e. The highest BCUT2D eigenvalue weighted by Gasteiger charge is 2.17. The molecule has 0 aliphatic heterocycles. The Hall–Kier alpha value is -2.63. The van der Waals surface area contributed by atoms with Gasteiger partial charge in [-0.25, -0.2) is 4.98 Å². The number of hydrogen-bond acceptors (Lipinski definition) is 4. The Morgan fingerprint density at radius 2 is 1.97 bits per heavy atom. The molecule has 0 saturated carbocycles. The monoisotopic (exact) mass is 411 g/mol. The summed E-state index contributed by atoms with van der Waals surface area (Å²) in [6, 6.07) is 14.9. The highest BCUT2D eigenvalue weighted by molar-refractivity contribution is 6.30. The molecule has 0 spiro atoms. The first kappa shape index (κ1) is 21.1. The highest BCUT2D eigenvalue weighted by Crippen LogP contribution is 2.26. The van der Waals surface area contributed by atoms with E-state index < -0.39 is 0 Å².